The lowest BCUT2D eigenvalue weighted by atomic mass is 9.80. The number of hydrogen-bond acceptors (Lipinski definition) is 4. The fraction of sp³-hybridized carbons (Fsp3) is 0.562. The fourth-order valence-electron chi connectivity index (χ4n) is 2.58. The van der Waals surface area contributed by atoms with Crippen LogP contribution in [-0.2, 0) is 0 Å². The van der Waals surface area contributed by atoms with Gasteiger partial charge in [0.05, 0.1) is 12.7 Å². The van der Waals surface area contributed by atoms with E-state index in [1.807, 2.05) is 0 Å². The second kappa shape index (κ2) is 6.35. The Morgan fingerprint density at radius 3 is 2.71 bits per heavy atom. The Hall–Kier alpha value is -1.75. The molecule has 1 saturated heterocycles. The van der Waals surface area contributed by atoms with E-state index in [1.165, 1.54) is 0 Å². The van der Waals surface area contributed by atoms with Gasteiger partial charge in [0.2, 0.25) is 0 Å². The molecule has 1 aliphatic rings. The molecule has 1 amide bonds. The number of nitrogens with two attached hydrogens (primary N) is 1. The average molecular weight is 291 g/mol. The van der Waals surface area contributed by atoms with Gasteiger partial charge < -0.3 is 20.7 Å². The third-order valence-electron chi connectivity index (χ3n) is 4.37. The van der Waals surface area contributed by atoms with Crippen LogP contribution in [0.3, 0.4) is 0 Å². The summed E-state index contributed by atoms with van der Waals surface area (Å²) in [7, 11) is 3.71. The van der Waals surface area contributed by atoms with Crippen LogP contribution in [0.4, 0.5) is 5.69 Å². The van der Waals surface area contributed by atoms with Gasteiger partial charge in [0.1, 0.15) is 5.75 Å². The van der Waals surface area contributed by atoms with Crippen LogP contribution in [0.25, 0.3) is 0 Å². The monoisotopic (exact) mass is 291 g/mol. The van der Waals surface area contributed by atoms with Gasteiger partial charge in [0, 0.05) is 12.2 Å². The zero-order chi connectivity index (χ0) is 15.5. The molecule has 0 aliphatic carbocycles. The summed E-state index contributed by atoms with van der Waals surface area (Å²) >= 11 is 0. The zero-order valence-electron chi connectivity index (χ0n) is 13.1. The van der Waals surface area contributed by atoms with Crippen molar-refractivity contribution in [1.82, 2.24) is 10.2 Å². The van der Waals surface area contributed by atoms with Crippen LogP contribution in [-0.4, -0.2) is 44.6 Å². The first kappa shape index (κ1) is 15.6. The number of rotatable bonds is 4. The van der Waals surface area contributed by atoms with Crippen molar-refractivity contribution >= 4 is 11.6 Å². The minimum absolute atomic E-state index is 0.133. The number of ether oxygens (including phenoxy) is 1. The van der Waals surface area contributed by atoms with Gasteiger partial charge in [0.15, 0.2) is 0 Å². The predicted octanol–water partition coefficient (Wildman–Crippen LogP) is 1.74. The van der Waals surface area contributed by atoms with E-state index in [4.69, 9.17) is 10.5 Å². The number of piperidine rings is 1. The molecule has 0 atom stereocenters. The van der Waals surface area contributed by atoms with Crippen molar-refractivity contribution < 1.29 is 9.53 Å². The van der Waals surface area contributed by atoms with E-state index in [0.717, 1.165) is 25.9 Å². The first-order valence-corrected chi connectivity index (χ1v) is 7.34. The van der Waals surface area contributed by atoms with Crippen LogP contribution in [0.5, 0.6) is 5.75 Å². The number of benzene rings is 1. The Bertz CT molecular complexity index is 508. The second-order valence-corrected chi connectivity index (χ2v) is 6.25. The summed E-state index contributed by atoms with van der Waals surface area (Å²) in [6.45, 7) is 5.06. The summed E-state index contributed by atoms with van der Waals surface area (Å²) < 4.78 is 5.15. The molecule has 1 fully saturated rings. The van der Waals surface area contributed by atoms with Gasteiger partial charge in [-0.05, 0) is 56.6 Å². The Labute approximate surface area is 126 Å². The number of anilines is 1. The van der Waals surface area contributed by atoms with Crippen LogP contribution < -0.4 is 15.8 Å². The molecular weight excluding hydrogens is 266 g/mol. The molecule has 5 heteroatoms. The first-order valence-electron chi connectivity index (χ1n) is 7.34. The molecule has 1 aliphatic heterocycles. The molecule has 0 aromatic heterocycles. The highest BCUT2D eigenvalue weighted by atomic mass is 16.5. The SMILES string of the molecule is COc1ccc(N)c(C(=O)NCC2(C)CCN(C)CC2)c1. The number of nitrogen functional groups attached to an aromatic ring is 1. The Balaban J connectivity index is 1.98. The average Bonchev–Trinajstić information content (AvgIpc) is 2.49. The Morgan fingerprint density at radius 1 is 1.43 bits per heavy atom. The Morgan fingerprint density at radius 2 is 2.10 bits per heavy atom. The molecule has 5 nitrogen and oxygen atoms in total. The first-order chi connectivity index (χ1) is 9.93. The summed E-state index contributed by atoms with van der Waals surface area (Å²) in [5.74, 6) is 0.506. The zero-order valence-corrected chi connectivity index (χ0v) is 13.1. The highest BCUT2D eigenvalue weighted by Crippen LogP contribution is 2.29. The van der Waals surface area contributed by atoms with E-state index in [0.29, 0.717) is 23.5 Å². The molecule has 0 unspecified atom stereocenters. The lowest BCUT2D eigenvalue weighted by Crippen LogP contribution is -2.43. The van der Waals surface area contributed by atoms with E-state index in [9.17, 15) is 4.79 Å². The van der Waals surface area contributed by atoms with Gasteiger partial charge in [0.25, 0.3) is 5.91 Å². The second-order valence-electron chi connectivity index (χ2n) is 6.25. The number of amides is 1. The van der Waals surface area contributed by atoms with Gasteiger partial charge in [-0.2, -0.15) is 0 Å². The van der Waals surface area contributed by atoms with Crippen LogP contribution in [0.1, 0.15) is 30.1 Å². The van der Waals surface area contributed by atoms with Crippen molar-refractivity contribution in [3.8, 4) is 5.75 Å². The number of hydrogen-bond donors (Lipinski definition) is 2. The number of nitrogens with one attached hydrogen (secondary N) is 1. The van der Waals surface area contributed by atoms with E-state index in [-0.39, 0.29) is 11.3 Å². The topological polar surface area (TPSA) is 67.6 Å². The largest absolute Gasteiger partial charge is 0.497 e. The molecule has 1 aromatic carbocycles. The van der Waals surface area contributed by atoms with Gasteiger partial charge in [-0.1, -0.05) is 6.92 Å². The summed E-state index contributed by atoms with van der Waals surface area (Å²) in [4.78, 5) is 14.6. The molecule has 0 bridgehead atoms. The van der Waals surface area contributed by atoms with Crippen molar-refractivity contribution in [2.24, 2.45) is 5.41 Å². The molecule has 0 saturated carbocycles. The number of nitrogens with zero attached hydrogens (tertiary/aromatic N) is 1. The lowest BCUT2D eigenvalue weighted by Gasteiger charge is -2.38. The van der Waals surface area contributed by atoms with E-state index in [2.05, 4.69) is 24.2 Å². The van der Waals surface area contributed by atoms with Crippen LogP contribution in [0.15, 0.2) is 18.2 Å². The number of likely N-dealkylation sites (tertiary alicyclic amines) is 1. The highest BCUT2D eigenvalue weighted by Gasteiger charge is 2.29. The lowest BCUT2D eigenvalue weighted by molar-refractivity contribution is 0.0892. The normalized spacial score (nSPS) is 18.2. The van der Waals surface area contributed by atoms with Gasteiger partial charge >= 0.3 is 0 Å². The van der Waals surface area contributed by atoms with E-state index in [1.54, 1.807) is 25.3 Å². The summed E-state index contributed by atoms with van der Waals surface area (Å²) in [6.07, 6.45) is 2.19. The maximum atomic E-state index is 12.3. The smallest absolute Gasteiger partial charge is 0.253 e. The van der Waals surface area contributed by atoms with Crippen LogP contribution in [0, 0.1) is 5.41 Å². The molecule has 1 aromatic rings. The molecule has 3 N–H and O–H groups in total. The van der Waals surface area contributed by atoms with Gasteiger partial charge in [-0.25, -0.2) is 0 Å². The van der Waals surface area contributed by atoms with E-state index >= 15 is 0 Å². The molecule has 1 heterocycles. The molecule has 21 heavy (non-hydrogen) atoms. The Kier molecular flexibility index (Phi) is 4.73. The highest BCUT2D eigenvalue weighted by molar-refractivity contribution is 5.99. The van der Waals surface area contributed by atoms with Crippen molar-refractivity contribution in [1.29, 1.82) is 0 Å². The summed E-state index contributed by atoms with van der Waals surface area (Å²) in [5.41, 5.74) is 7.00. The van der Waals surface area contributed by atoms with Crippen molar-refractivity contribution in [2.45, 2.75) is 19.8 Å². The number of methoxy groups -OCH3 is 1. The molecule has 2 rings (SSSR count). The predicted molar refractivity (Wildman–Crippen MR) is 84.6 cm³/mol. The number of carbonyl (C=O) groups is 1. The third-order valence-corrected chi connectivity index (χ3v) is 4.37. The maximum absolute atomic E-state index is 12.3. The third kappa shape index (κ3) is 3.88. The van der Waals surface area contributed by atoms with E-state index < -0.39 is 0 Å². The van der Waals surface area contributed by atoms with Gasteiger partial charge in [-0.3, -0.25) is 4.79 Å². The van der Waals surface area contributed by atoms with Crippen molar-refractivity contribution in [3.63, 3.8) is 0 Å². The summed E-state index contributed by atoms with van der Waals surface area (Å²) in [6, 6.07) is 5.14. The molecule has 0 radical (unpaired) electrons. The number of carbonyl (C=O) groups excluding carboxylic acids is 1. The molecule has 0 spiro atoms. The summed E-state index contributed by atoms with van der Waals surface area (Å²) in [5, 5.41) is 3.02. The van der Waals surface area contributed by atoms with Crippen molar-refractivity contribution in [2.75, 3.05) is 39.5 Å². The quantitative estimate of drug-likeness (QED) is 0.829. The minimum Gasteiger partial charge on any atom is -0.497 e. The van der Waals surface area contributed by atoms with Crippen LogP contribution >= 0.6 is 0 Å². The van der Waals surface area contributed by atoms with Gasteiger partial charge in [-0.15, -0.1) is 0 Å². The van der Waals surface area contributed by atoms with Crippen molar-refractivity contribution in [3.05, 3.63) is 23.8 Å². The van der Waals surface area contributed by atoms with Crippen LogP contribution in [0.2, 0.25) is 0 Å². The minimum atomic E-state index is -0.133. The standard InChI is InChI=1S/C16H25N3O2/c1-16(6-8-19(2)9-7-16)11-18-15(20)13-10-12(21-3)4-5-14(13)17/h4-5,10H,6-9,11,17H2,1-3H3,(H,18,20). The molecular formula is C16H25N3O2. The fourth-order valence-corrected chi connectivity index (χ4v) is 2.58. The maximum Gasteiger partial charge on any atom is 0.253 e. The molecule has 116 valence electrons.